The van der Waals surface area contributed by atoms with Crippen molar-refractivity contribution in [1.29, 1.82) is 0 Å². The number of nitrogens with zero attached hydrogens (tertiary/aromatic N) is 4. The lowest BCUT2D eigenvalue weighted by Crippen LogP contribution is -2.43. The van der Waals surface area contributed by atoms with Crippen LogP contribution in [0.3, 0.4) is 0 Å². The van der Waals surface area contributed by atoms with Gasteiger partial charge in [0, 0.05) is 31.2 Å². The molecule has 0 aromatic carbocycles. The molecule has 0 atom stereocenters. The van der Waals surface area contributed by atoms with E-state index in [1.54, 1.807) is 0 Å². The topological polar surface area (TPSA) is 58.6 Å². The largest absolute Gasteiger partial charge is 0.378 e. The first-order valence-electron chi connectivity index (χ1n) is 7.92. The van der Waals surface area contributed by atoms with Gasteiger partial charge in [-0.15, -0.1) is 0 Å². The zero-order chi connectivity index (χ0) is 15.7. The van der Waals surface area contributed by atoms with Gasteiger partial charge in [-0.2, -0.15) is 0 Å². The molecule has 0 aliphatic carbocycles. The van der Waals surface area contributed by atoms with E-state index in [-0.39, 0.29) is 11.3 Å². The zero-order valence-corrected chi connectivity index (χ0v) is 13.6. The standard InChI is InChI=1S/C16H24N4O2/c1-16(2,3)14(21)20-5-4-12-10-17-15(18-13(12)11-20)19-6-8-22-9-7-19/h10H,4-9,11H2,1-3H3. The molecule has 0 unspecified atom stereocenters. The molecule has 0 N–H and O–H groups in total. The smallest absolute Gasteiger partial charge is 0.228 e. The first-order chi connectivity index (χ1) is 10.4. The van der Waals surface area contributed by atoms with Gasteiger partial charge in [-0.3, -0.25) is 4.79 Å². The summed E-state index contributed by atoms with van der Waals surface area (Å²) in [7, 11) is 0. The van der Waals surface area contributed by atoms with Crippen LogP contribution in [0.2, 0.25) is 0 Å². The minimum atomic E-state index is -0.350. The maximum atomic E-state index is 12.5. The van der Waals surface area contributed by atoms with E-state index in [1.165, 1.54) is 0 Å². The van der Waals surface area contributed by atoms with E-state index in [2.05, 4.69) is 9.88 Å². The summed E-state index contributed by atoms with van der Waals surface area (Å²) in [6.07, 6.45) is 2.76. The van der Waals surface area contributed by atoms with Crippen molar-refractivity contribution in [2.75, 3.05) is 37.7 Å². The van der Waals surface area contributed by atoms with Crippen molar-refractivity contribution in [2.24, 2.45) is 5.41 Å². The molecular weight excluding hydrogens is 280 g/mol. The van der Waals surface area contributed by atoms with E-state index in [0.29, 0.717) is 6.54 Å². The van der Waals surface area contributed by atoms with Crippen LogP contribution in [0, 0.1) is 5.41 Å². The molecule has 2 aliphatic heterocycles. The fourth-order valence-electron chi connectivity index (χ4n) is 2.86. The molecule has 6 heteroatoms. The zero-order valence-electron chi connectivity index (χ0n) is 13.6. The monoisotopic (exact) mass is 304 g/mol. The number of amides is 1. The van der Waals surface area contributed by atoms with E-state index in [0.717, 1.165) is 56.5 Å². The van der Waals surface area contributed by atoms with Gasteiger partial charge in [-0.1, -0.05) is 20.8 Å². The van der Waals surface area contributed by atoms with Gasteiger partial charge >= 0.3 is 0 Å². The summed E-state index contributed by atoms with van der Waals surface area (Å²) in [5, 5.41) is 0. The first-order valence-corrected chi connectivity index (χ1v) is 7.92. The third kappa shape index (κ3) is 3.06. The highest BCUT2D eigenvalue weighted by Gasteiger charge is 2.30. The number of carbonyl (C=O) groups excluding carboxylic acids is 1. The van der Waals surface area contributed by atoms with Crippen molar-refractivity contribution in [2.45, 2.75) is 33.7 Å². The van der Waals surface area contributed by atoms with Crippen molar-refractivity contribution in [3.63, 3.8) is 0 Å². The Hall–Kier alpha value is -1.69. The second-order valence-electron chi connectivity index (χ2n) is 6.97. The lowest BCUT2D eigenvalue weighted by Gasteiger charge is -2.33. The van der Waals surface area contributed by atoms with Crippen LogP contribution in [-0.2, 0) is 22.5 Å². The van der Waals surface area contributed by atoms with E-state index in [9.17, 15) is 4.79 Å². The van der Waals surface area contributed by atoms with Gasteiger partial charge in [0.25, 0.3) is 0 Å². The number of anilines is 1. The van der Waals surface area contributed by atoms with Gasteiger partial charge in [0.1, 0.15) is 0 Å². The Balaban J connectivity index is 1.79. The van der Waals surface area contributed by atoms with Crippen LogP contribution in [0.25, 0.3) is 0 Å². The molecule has 1 amide bonds. The quantitative estimate of drug-likeness (QED) is 0.781. The summed E-state index contributed by atoms with van der Waals surface area (Å²) >= 11 is 0. The lowest BCUT2D eigenvalue weighted by molar-refractivity contribution is -0.140. The van der Waals surface area contributed by atoms with E-state index in [1.807, 2.05) is 31.9 Å². The molecule has 6 nitrogen and oxygen atoms in total. The van der Waals surface area contributed by atoms with Crippen molar-refractivity contribution in [3.05, 3.63) is 17.5 Å². The fourth-order valence-corrected chi connectivity index (χ4v) is 2.86. The average molecular weight is 304 g/mol. The molecule has 1 saturated heterocycles. The highest BCUT2D eigenvalue weighted by molar-refractivity contribution is 5.81. The summed E-state index contributed by atoms with van der Waals surface area (Å²) < 4.78 is 5.37. The predicted octanol–water partition coefficient (Wildman–Crippen LogP) is 1.24. The maximum absolute atomic E-state index is 12.5. The van der Waals surface area contributed by atoms with E-state index >= 15 is 0 Å². The van der Waals surface area contributed by atoms with Crippen LogP contribution >= 0.6 is 0 Å². The first kappa shape index (κ1) is 15.2. The van der Waals surface area contributed by atoms with Gasteiger partial charge in [0.15, 0.2) is 0 Å². The van der Waals surface area contributed by atoms with Gasteiger partial charge < -0.3 is 14.5 Å². The number of hydrogen-bond donors (Lipinski definition) is 0. The lowest BCUT2D eigenvalue weighted by atomic mass is 9.93. The van der Waals surface area contributed by atoms with Crippen LogP contribution in [0.4, 0.5) is 5.95 Å². The molecule has 0 radical (unpaired) electrons. The predicted molar refractivity (Wildman–Crippen MR) is 83.6 cm³/mol. The van der Waals surface area contributed by atoms with Gasteiger partial charge in [0.2, 0.25) is 11.9 Å². The van der Waals surface area contributed by atoms with Crippen LogP contribution in [0.1, 0.15) is 32.0 Å². The number of carbonyl (C=O) groups is 1. The van der Waals surface area contributed by atoms with Crippen LogP contribution in [-0.4, -0.2) is 53.6 Å². The minimum Gasteiger partial charge on any atom is -0.378 e. The minimum absolute atomic E-state index is 0.185. The Bertz CT molecular complexity index is 562. The molecule has 2 aliphatic rings. The summed E-state index contributed by atoms with van der Waals surface area (Å²) in [4.78, 5) is 25.7. The third-order valence-corrected chi connectivity index (χ3v) is 4.16. The Morgan fingerprint density at radius 1 is 1.23 bits per heavy atom. The van der Waals surface area contributed by atoms with Crippen LogP contribution in [0.15, 0.2) is 6.20 Å². The SMILES string of the molecule is CC(C)(C)C(=O)N1CCc2cnc(N3CCOCC3)nc2C1. The maximum Gasteiger partial charge on any atom is 0.228 e. The highest BCUT2D eigenvalue weighted by atomic mass is 16.5. The molecule has 3 rings (SSSR count). The fraction of sp³-hybridized carbons (Fsp3) is 0.688. The number of morpholine rings is 1. The third-order valence-electron chi connectivity index (χ3n) is 4.16. The number of fused-ring (bicyclic) bond motifs is 1. The number of rotatable bonds is 1. The van der Waals surface area contributed by atoms with Crippen molar-refractivity contribution >= 4 is 11.9 Å². The summed E-state index contributed by atoms with van der Waals surface area (Å²) in [6.45, 7) is 10.3. The Labute approximate surface area is 131 Å². The average Bonchev–Trinajstić information content (AvgIpc) is 2.53. The Morgan fingerprint density at radius 3 is 2.64 bits per heavy atom. The van der Waals surface area contributed by atoms with E-state index < -0.39 is 0 Å². The van der Waals surface area contributed by atoms with Gasteiger partial charge in [-0.25, -0.2) is 9.97 Å². The Kier molecular flexibility index (Phi) is 4.04. The Morgan fingerprint density at radius 2 is 1.95 bits per heavy atom. The second-order valence-corrected chi connectivity index (χ2v) is 6.97. The normalized spacial score (nSPS) is 19.0. The summed E-state index contributed by atoms with van der Waals surface area (Å²) in [5.74, 6) is 0.941. The van der Waals surface area contributed by atoms with Crippen LogP contribution < -0.4 is 4.90 Å². The molecule has 1 aromatic rings. The van der Waals surface area contributed by atoms with E-state index in [4.69, 9.17) is 9.72 Å². The van der Waals surface area contributed by atoms with Crippen LogP contribution in [0.5, 0.6) is 0 Å². The molecule has 1 aromatic heterocycles. The molecule has 0 bridgehead atoms. The van der Waals surface area contributed by atoms with Crippen molar-refractivity contribution in [3.8, 4) is 0 Å². The second kappa shape index (κ2) is 5.83. The van der Waals surface area contributed by atoms with Gasteiger partial charge in [0.05, 0.1) is 25.5 Å². The molecule has 120 valence electrons. The molecule has 3 heterocycles. The molecular formula is C16H24N4O2. The number of hydrogen-bond acceptors (Lipinski definition) is 5. The van der Waals surface area contributed by atoms with Gasteiger partial charge in [-0.05, 0) is 12.0 Å². The molecule has 1 fully saturated rings. The molecule has 0 spiro atoms. The molecule has 0 saturated carbocycles. The summed E-state index contributed by atoms with van der Waals surface area (Å²) in [5.41, 5.74) is 1.80. The highest BCUT2D eigenvalue weighted by Crippen LogP contribution is 2.24. The van der Waals surface area contributed by atoms with Crippen molar-refractivity contribution in [1.82, 2.24) is 14.9 Å². The summed E-state index contributed by atoms with van der Waals surface area (Å²) in [6, 6.07) is 0. The number of ether oxygens (including phenoxy) is 1. The van der Waals surface area contributed by atoms with Crippen molar-refractivity contribution < 1.29 is 9.53 Å². The molecule has 22 heavy (non-hydrogen) atoms. The number of aromatic nitrogens is 2.